The van der Waals surface area contributed by atoms with Crippen LogP contribution in [0.25, 0.3) is 11.1 Å². The van der Waals surface area contributed by atoms with Crippen molar-refractivity contribution in [2.45, 2.75) is 76.4 Å². The second-order valence-corrected chi connectivity index (χ2v) is 18.8. The van der Waals surface area contributed by atoms with E-state index in [1.807, 2.05) is 55.5 Å². The summed E-state index contributed by atoms with van der Waals surface area (Å²) in [6.07, 6.45) is 7.18. The maximum absolute atomic E-state index is 13.0. The second-order valence-electron chi connectivity index (χ2n) is 10.6. The molecule has 41 heavy (non-hydrogen) atoms. The van der Waals surface area contributed by atoms with Gasteiger partial charge in [0.15, 0.2) is 0 Å². The molecule has 0 N–H and O–H groups in total. The number of halogens is 2. The Labute approximate surface area is 264 Å². The van der Waals surface area contributed by atoms with Crippen LogP contribution >= 0.6 is 0 Å². The summed E-state index contributed by atoms with van der Waals surface area (Å²) in [4.78, 5) is 25.4. The summed E-state index contributed by atoms with van der Waals surface area (Å²) in [6.45, 7) is 8.44. The van der Waals surface area contributed by atoms with E-state index in [4.69, 9.17) is 19.5 Å². The number of nitrogens with zero attached hydrogens (tertiary/aromatic N) is 1. The number of esters is 2. The number of cyclic esters (lactones) is 1. The average Bonchev–Trinajstić information content (AvgIpc) is 3.00. The second kappa shape index (κ2) is 15.4. The first-order chi connectivity index (χ1) is 19.8. The van der Waals surface area contributed by atoms with Gasteiger partial charge in [-0.05, 0) is 12.1 Å². The Morgan fingerprint density at radius 2 is 1.83 bits per heavy atom. The Morgan fingerprint density at radius 3 is 2.51 bits per heavy atom. The average molecular weight is 783 g/mol. The van der Waals surface area contributed by atoms with E-state index in [1.165, 1.54) is 10.5 Å². The molecule has 2 saturated heterocycles. The van der Waals surface area contributed by atoms with Crippen LogP contribution in [-0.4, -0.2) is 40.5 Å². The topological polar surface area (TPSA) is 85.6 Å². The van der Waals surface area contributed by atoms with Crippen LogP contribution in [0.4, 0.5) is 0 Å². The van der Waals surface area contributed by atoms with E-state index in [1.54, 1.807) is 0 Å². The summed E-state index contributed by atoms with van der Waals surface area (Å²) < 4.78 is 19.5. The summed E-state index contributed by atoms with van der Waals surface area (Å²) in [5.74, 6) is 0.726. The predicted molar refractivity (Wildman–Crippen MR) is 151 cm³/mol. The van der Waals surface area contributed by atoms with E-state index in [-0.39, 0.29) is 27.2 Å². The number of ether oxygens (including phenoxy) is 3. The molecule has 2 aliphatic heterocycles. The van der Waals surface area contributed by atoms with Crippen molar-refractivity contribution in [1.29, 1.82) is 5.26 Å². The van der Waals surface area contributed by atoms with Crippen LogP contribution in [0.5, 0.6) is 5.75 Å². The molecular weight excluding hydrogens is 744 g/mol. The molecule has 222 valence electrons. The van der Waals surface area contributed by atoms with Gasteiger partial charge in [0.05, 0.1) is 11.6 Å². The van der Waals surface area contributed by atoms with E-state index in [2.05, 4.69) is 19.6 Å². The van der Waals surface area contributed by atoms with E-state index in [0.717, 1.165) is 55.4 Å². The number of carbonyl (C=O) groups is 2. The number of hydrogen-bond donors (Lipinski definition) is 0. The zero-order chi connectivity index (χ0) is 29.2. The predicted octanol–water partition coefficient (Wildman–Crippen LogP) is 0.270. The molecule has 0 spiro atoms. The van der Waals surface area contributed by atoms with Gasteiger partial charge in [-0.3, -0.25) is 0 Å². The third-order valence-electron chi connectivity index (χ3n) is 7.71. The number of carbonyl (C=O) groups excluding carboxylic acids is 2. The molecule has 0 saturated carbocycles. The molecule has 2 aromatic rings. The molecule has 2 aromatic carbocycles. The van der Waals surface area contributed by atoms with Crippen LogP contribution in [0, 0.1) is 17.2 Å². The van der Waals surface area contributed by atoms with Crippen molar-refractivity contribution < 1.29 is 66.2 Å². The summed E-state index contributed by atoms with van der Waals surface area (Å²) in [7, 11) is 0. The molecule has 0 aliphatic carbocycles. The number of rotatable bonds is 9. The van der Waals surface area contributed by atoms with E-state index < -0.39 is 36.9 Å². The van der Waals surface area contributed by atoms with Crippen LogP contribution < -0.4 is 47.1 Å². The fourth-order valence-electron chi connectivity index (χ4n) is 5.34. The van der Waals surface area contributed by atoms with Gasteiger partial charge in [0.25, 0.3) is 0 Å². The quantitative estimate of drug-likeness (QED) is 0.120. The monoisotopic (exact) mass is 783 g/mol. The molecule has 0 aromatic heterocycles. The minimum atomic E-state index is -0.699. The first-order valence-electron chi connectivity index (χ1n) is 14.3. The van der Waals surface area contributed by atoms with Gasteiger partial charge in [-0.1, -0.05) is 12.1 Å². The van der Waals surface area contributed by atoms with Gasteiger partial charge in [-0.15, -0.1) is 0 Å². The zero-order valence-electron chi connectivity index (χ0n) is 23.8. The van der Waals surface area contributed by atoms with E-state index >= 15 is 0 Å². The summed E-state index contributed by atoms with van der Waals surface area (Å²) in [6, 6.07) is 17.8. The molecule has 2 aliphatic rings. The summed E-state index contributed by atoms with van der Waals surface area (Å²) >= 11 is -0.647. The molecule has 5 atom stereocenters. The Balaban J connectivity index is 1.35. The number of nitriles is 1. The third kappa shape index (κ3) is 8.93. The molecule has 0 amide bonds. The van der Waals surface area contributed by atoms with Gasteiger partial charge < -0.3 is 0 Å². The normalized spacial score (nSPS) is 26.9. The van der Waals surface area contributed by atoms with Gasteiger partial charge in [0.2, 0.25) is 0 Å². The Morgan fingerprint density at radius 1 is 1.12 bits per heavy atom. The molecule has 3 unspecified atom stereocenters. The fraction of sp³-hybridized carbons (Fsp3) is 0.485. The minimum absolute atomic E-state index is 0.110. The number of hydrogen-bond acceptors (Lipinski definition) is 6. The number of benzene rings is 2. The molecule has 2 fully saturated rings. The standard InChI is InChI=1S/C33H39I2NO5/c1-4-31(37)41-33-18-16-28(30(21-32(38)40-24(33)3)34-19-17-23(2)35-33)7-5-6-20-39-29-14-12-27(13-15-29)26-10-8-25(22-36)9-11-26/h4,8-15,23-24,28,30H,1,5-7,16-21H2,2-3H3/q-2/t23-,24?,28-,30?,33?/m0/s1. The zero-order valence-corrected chi connectivity index (χ0v) is 28.1. The van der Waals surface area contributed by atoms with Crippen LogP contribution in [0.2, 0.25) is 0 Å². The van der Waals surface area contributed by atoms with Gasteiger partial charge in [0, 0.05) is 0 Å². The Bertz CT molecular complexity index is 1230. The fourth-order valence-corrected chi connectivity index (χ4v) is 14.8. The van der Waals surface area contributed by atoms with Gasteiger partial charge >= 0.3 is 225 Å². The van der Waals surface area contributed by atoms with Crippen LogP contribution in [0.3, 0.4) is 0 Å². The van der Waals surface area contributed by atoms with Crippen LogP contribution in [0.15, 0.2) is 61.2 Å². The summed E-state index contributed by atoms with van der Waals surface area (Å²) in [5, 5.41) is 9.00. The number of unbranched alkanes of at least 4 members (excludes halogenated alkanes) is 1. The first-order valence-corrected chi connectivity index (χ1v) is 19.4. The van der Waals surface area contributed by atoms with Crippen molar-refractivity contribution in [3.05, 3.63) is 66.7 Å². The summed E-state index contributed by atoms with van der Waals surface area (Å²) in [5.41, 5.74) is 2.81. The molecule has 8 heteroatoms. The van der Waals surface area contributed by atoms with Gasteiger partial charge in [-0.25, -0.2) is 0 Å². The Kier molecular flexibility index (Phi) is 11.9. The van der Waals surface area contributed by atoms with E-state index in [0.29, 0.717) is 32.4 Å². The Hall–Kier alpha value is -2.13. The third-order valence-corrected chi connectivity index (χ3v) is 15.9. The SMILES string of the molecule is C=CC(=O)OC12CC[C@H](CCCCOc3ccc(-c4ccc(C#N)cc4)cc3)C(CC(=O)OC1C)[I-]CC[C@H](C)[I-]2. The van der Waals surface area contributed by atoms with Crippen LogP contribution in [0.1, 0.15) is 64.4 Å². The van der Waals surface area contributed by atoms with Gasteiger partial charge in [-0.2, -0.15) is 5.26 Å². The number of alkyl halides is 4. The molecule has 4 rings (SSSR count). The number of fused-ring (bicyclic) bond motifs is 4. The molecule has 2 bridgehead atoms. The van der Waals surface area contributed by atoms with E-state index in [9.17, 15) is 9.59 Å². The van der Waals surface area contributed by atoms with Crippen molar-refractivity contribution >= 4 is 11.9 Å². The van der Waals surface area contributed by atoms with Crippen molar-refractivity contribution in [2.24, 2.45) is 5.92 Å². The maximum atomic E-state index is 13.0. The molecular formula is C33H39I2NO5-2. The molecule has 0 radical (unpaired) electrons. The first kappa shape index (κ1) is 31.8. The van der Waals surface area contributed by atoms with Crippen molar-refractivity contribution in [1.82, 2.24) is 0 Å². The van der Waals surface area contributed by atoms with Crippen molar-refractivity contribution in [3.63, 3.8) is 0 Å². The molecule has 6 nitrogen and oxygen atoms in total. The molecule has 2 heterocycles. The van der Waals surface area contributed by atoms with Gasteiger partial charge in [0.1, 0.15) is 0 Å². The van der Waals surface area contributed by atoms with Crippen LogP contribution in [-0.2, 0) is 19.1 Å². The van der Waals surface area contributed by atoms with Crippen molar-refractivity contribution in [2.75, 3.05) is 11.0 Å². The van der Waals surface area contributed by atoms with Crippen molar-refractivity contribution in [3.8, 4) is 22.9 Å².